The fourth-order valence-electron chi connectivity index (χ4n) is 3.43. The van der Waals surface area contributed by atoms with Gasteiger partial charge in [-0.15, -0.1) is 0 Å². The number of aromatic nitrogens is 3. The first-order valence-electron chi connectivity index (χ1n) is 10.1. The normalized spacial score (nSPS) is 14.3. The van der Waals surface area contributed by atoms with Gasteiger partial charge in [-0.1, -0.05) is 31.5 Å². The van der Waals surface area contributed by atoms with Crippen LogP contribution in [0.5, 0.6) is 11.5 Å². The zero-order chi connectivity index (χ0) is 23.8. The molecule has 0 bridgehead atoms. The highest BCUT2D eigenvalue weighted by Gasteiger charge is 2.31. The van der Waals surface area contributed by atoms with E-state index in [0.29, 0.717) is 36.6 Å². The lowest BCUT2D eigenvalue weighted by Gasteiger charge is -2.26. The summed E-state index contributed by atoms with van der Waals surface area (Å²) in [4.78, 5) is 16.5. The van der Waals surface area contributed by atoms with Gasteiger partial charge < -0.3 is 14.8 Å². The Labute approximate surface area is 192 Å². The van der Waals surface area contributed by atoms with Gasteiger partial charge in [0.2, 0.25) is 0 Å². The fraction of sp³-hybridized carbons (Fsp3) is 0.318. The number of hydrogen-bond acceptors (Lipinski definition) is 6. The molecule has 4 rings (SSSR count). The Morgan fingerprint density at radius 3 is 2.45 bits per heavy atom. The van der Waals surface area contributed by atoms with E-state index in [-0.39, 0.29) is 22.8 Å². The number of nitrogens with one attached hydrogen (secondary N) is 1. The minimum Gasteiger partial charge on any atom is -0.486 e. The topological polar surface area (TPSA) is 78.3 Å². The van der Waals surface area contributed by atoms with E-state index >= 15 is 0 Å². The second kappa shape index (κ2) is 8.93. The van der Waals surface area contributed by atoms with E-state index in [1.807, 2.05) is 32.0 Å². The molecule has 3 heterocycles. The van der Waals surface area contributed by atoms with Crippen LogP contribution in [-0.4, -0.2) is 28.0 Å². The first kappa shape index (κ1) is 22.9. The molecule has 7 nitrogen and oxygen atoms in total. The van der Waals surface area contributed by atoms with Crippen LogP contribution in [0.1, 0.15) is 31.0 Å². The molecular weight excluding hydrogens is 461 g/mol. The van der Waals surface area contributed by atoms with Gasteiger partial charge in [-0.3, -0.25) is 4.79 Å². The SMILES string of the molecule is CC(C)C(Nc1cnn(-c2ccc(C(F)(F)F)cn2)c(=O)c1Cl)c1ccc2c(c1)OCCO2. The highest BCUT2D eigenvalue weighted by molar-refractivity contribution is 6.33. The van der Waals surface area contributed by atoms with Crippen molar-refractivity contribution < 1.29 is 22.6 Å². The molecule has 0 saturated heterocycles. The largest absolute Gasteiger partial charge is 0.486 e. The van der Waals surface area contributed by atoms with Crippen LogP contribution in [-0.2, 0) is 6.18 Å². The molecule has 1 aliphatic rings. The van der Waals surface area contributed by atoms with E-state index in [4.69, 9.17) is 21.1 Å². The Morgan fingerprint density at radius 2 is 1.82 bits per heavy atom. The molecule has 1 unspecified atom stereocenters. The molecule has 11 heteroatoms. The first-order chi connectivity index (χ1) is 15.6. The molecule has 1 aromatic carbocycles. The van der Waals surface area contributed by atoms with E-state index in [0.717, 1.165) is 22.4 Å². The molecule has 0 saturated carbocycles. The maximum atomic E-state index is 12.8. The summed E-state index contributed by atoms with van der Waals surface area (Å²) in [5.41, 5.74) is -0.446. The van der Waals surface area contributed by atoms with Crippen LogP contribution in [0, 0.1) is 5.92 Å². The molecule has 0 fully saturated rings. The van der Waals surface area contributed by atoms with Crippen molar-refractivity contribution in [2.75, 3.05) is 18.5 Å². The number of rotatable bonds is 5. The van der Waals surface area contributed by atoms with Crippen molar-refractivity contribution >= 4 is 17.3 Å². The van der Waals surface area contributed by atoms with Gasteiger partial charge in [0.25, 0.3) is 5.56 Å². The Hall–Kier alpha value is -3.27. The van der Waals surface area contributed by atoms with Crippen molar-refractivity contribution in [3.05, 3.63) is 69.2 Å². The number of hydrogen-bond donors (Lipinski definition) is 1. The van der Waals surface area contributed by atoms with Gasteiger partial charge in [-0.25, -0.2) is 4.98 Å². The van der Waals surface area contributed by atoms with E-state index in [1.165, 1.54) is 6.20 Å². The van der Waals surface area contributed by atoms with Crippen LogP contribution in [0.25, 0.3) is 5.82 Å². The summed E-state index contributed by atoms with van der Waals surface area (Å²) in [6, 6.07) is 7.26. The Kier molecular flexibility index (Phi) is 6.20. The van der Waals surface area contributed by atoms with E-state index in [2.05, 4.69) is 15.4 Å². The predicted octanol–water partition coefficient (Wildman–Crippen LogP) is 4.88. The van der Waals surface area contributed by atoms with Crippen LogP contribution in [0.15, 0.2) is 47.5 Å². The second-order valence-corrected chi connectivity index (χ2v) is 8.14. The summed E-state index contributed by atoms with van der Waals surface area (Å²) in [5, 5.41) is 7.13. The molecule has 0 aliphatic carbocycles. The Balaban J connectivity index is 1.63. The van der Waals surface area contributed by atoms with Gasteiger partial charge in [-0.2, -0.15) is 23.0 Å². The van der Waals surface area contributed by atoms with Crippen molar-refractivity contribution in [2.24, 2.45) is 5.92 Å². The van der Waals surface area contributed by atoms with Gasteiger partial charge in [0.1, 0.15) is 18.2 Å². The lowest BCUT2D eigenvalue weighted by atomic mass is 9.95. The third-order valence-electron chi connectivity index (χ3n) is 5.11. The van der Waals surface area contributed by atoms with Crippen molar-refractivity contribution in [1.29, 1.82) is 0 Å². The molecular formula is C22H20ClF3N4O3. The van der Waals surface area contributed by atoms with Crippen LogP contribution in [0.2, 0.25) is 5.02 Å². The number of anilines is 1. The van der Waals surface area contributed by atoms with Crippen LogP contribution >= 0.6 is 11.6 Å². The van der Waals surface area contributed by atoms with E-state index < -0.39 is 17.3 Å². The minimum atomic E-state index is -4.53. The fourth-order valence-corrected chi connectivity index (χ4v) is 3.61. The monoisotopic (exact) mass is 480 g/mol. The number of alkyl halides is 3. The summed E-state index contributed by atoms with van der Waals surface area (Å²) in [5.74, 6) is 1.33. The number of pyridine rings is 1. The molecule has 0 radical (unpaired) electrons. The first-order valence-corrected chi connectivity index (χ1v) is 10.5. The molecule has 174 valence electrons. The van der Waals surface area contributed by atoms with Gasteiger partial charge in [-0.05, 0) is 35.7 Å². The summed E-state index contributed by atoms with van der Waals surface area (Å²) in [6.07, 6.45) is -2.55. The number of ether oxygens (including phenoxy) is 2. The van der Waals surface area contributed by atoms with Crippen LogP contribution in [0.4, 0.5) is 18.9 Å². The molecule has 3 aromatic rings. The van der Waals surface area contributed by atoms with Gasteiger partial charge in [0.15, 0.2) is 17.3 Å². The highest BCUT2D eigenvalue weighted by Crippen LogP contribution is 2.36. The minimum absolute atomic E-state index is 0.0753. The zero-order valence-corrected chi connectivity index (χ0v) is 18.4. The molecule has 1 N–H and O–H groups in total. The average molecular weight is 481 g/mol. The smallest absolute Gasteiger partial charge is 0.417 e. The average Bonchev–Trinajstić information content (AvgIpc) is 2.79. The second-order valence-electron chi connectivity index (χ2n) is 7.76. The molecule has 1 aliphatic heterocycles. The maximum absolute atomic E-state index is 12.8. The Bertz CT molecular complexity index is 1210. The van der Waals surface area contributed by atoms with Crippen LogP contribution in [0.3, 0.4) is 0 Å². The molecule has 33 heavy (non-hydrogen) atoms. The standard InChI is InChI=1S/C22H20ClF3N4O3/c1-12(2)20(13-3-5-16-17(9-13)33-8-7-32-16)29-15-11-28-30(21(31)19(15)23)18-6-4-14(10-27-18)22(24,25)26/h3-6,9-12,20,29H,7-8H2,1-2H3. The molecule has 0 amide bonds. The van der Waals surface area contributed by atoms with Crippen molar-refractivity contribution in [2.45, 2.75) is 26.1 Å². The lowest BCUT2D eigenvalue weighted by Crippen LogP contribution is -2.25. The number of nitrogens with zero attached hydrogens (tertiary/aromatic N) is 3. The van der Waals surface area contributed by atoms with Crippen LogP contribution < -0.4 is 20.3 Å². The lowest BCUT2D eigenvalue weighted by molar-refractivity contribution is -0.137. The third-order valence-corrected chi connectivity index (χ3v) is 5.48. The maximum Gasteiger partial charge on any atom is 0.417 e. The molecule has 2 aromatic heterocycles. The number of benzene rings is 1. The van der Waals surface area contributed by atoms with Gasteiger partial charge in [0, 0.05) is 6.20 Å². The summed E-state index contributed by atoms with van der Waals surface area (Å²) in [6.45, 7) is 4.96. The van der Waals surface area contributed by atoms with Gasteiger partial charge in [0.05, 0.1) is 23.5 Å². The van der Waals surface area contributed by atoms with E-state index in [9.17, 15) is 18.0 Å². The Morgan fingerprint density at radius 1 is 1.09 bits per heavy atom. The van der Waals surface area contributed by atoms with Crippen molar-refractivity contribution in [1.82, 2.24) is 14.8 Å². The quantitative estimate of drug-likeness (QED) is 0.561. The van der Waals surface area contributed by atoms with Crippen molar-refractivity contribution in [3.8, 4) is 17.3 Å². The number of fused-ring (bicyclic) bond motifs is 1. The molecule has 0 spiro atoms. The zero-order valence-electron chi connectivity index (χ0n) is 17.7. The number of halogens is 4. The predicted molar refractivity (Wildman–Crippen MR) is 116 cm³/mol. The summed E-state index contributed by atoms with van der Waals surface area (Å²) in [7, 11) is 0. The van der Waals surface area contributed by atoms with E-state index in [1.54, 1.807) is 0 Å². The molecule has 1 atom stereocenters. The summed E-state index contributed by atoms with van der Waals surface area (Å²) >= 11 is 6.32. The van der Waals surface area contributed by atoms with Crippen molar-refractivity contribution in [3.63, 3.8) is 0 Å². The third kappa shape index (κ3) is 4.75. The highest BCUT2D eigenvalue weighted by atomic mass is 35.5. The van der Waals surface area contributed by atoms with Gasteiger partial charge >= 0.3 is 6.18 Å². The summed E-state index contributed by atoms with van der Waals surface area (Å²) < 4.78 is 50.4.